The molecule has 0 fully saturated rings. The van der Waals surface area contributed by atoms with Crippen molar-refractivity contribution in [1.29, 1.82) is 0 Å². The largest absolute Gasteiger partial charge is 0.496 e. The lowest BCUT2D eigenvalue weighted by molar-refractivity contribution is -0.143. The van der Waals surface area contributed by atoms with Gasteiger partial charge in [0.2, 0.25) is 5.91 Å². The molecule has 2 rings (SSSR count). The summed E-state index contributed by atoms with van der Waals surface area (Å²) >= 11 is 0. The van der Waals surface area contributed by atoms with Crippen LogP contribution in [0.1, 0.15) is 11.1 Å². The number of alkyl halides is 3. The first-order valence-electron chi connectivity index (χ1n) is 7.60. The van der Waals surface area contributed by atoms with Crippen molar-refractivity contribution in [3.8, 4) is 5.75 Å². The van der Waals surface area contributed by atoms with Gasteiger partial charge in [0, 0.05) is 6.42 Å². The highest BCUT2D eigenvalue weighted by atomic mass is 19.4. The third kappa shape index (κ3) is 4.19. The standard InChI is InChI=1S/C17H13F7N2O2/c1-28-9-5-3-2-4-7(9)6-8(25)16(27)26-15-13(20)11(18)10(17(22,23)24)12(19)14(15)21/h2-5,8H,6,25H2,1H3,(H,26,27)/t8-/m0/s1. The molecule has 4 nitrogen and oxygen atoms in total. The Labute approximate surface area is 154 Å². The van der Waals surface area contributed by atoms with Crippen molar-refractivity contribution in [1.82, 2.24) is 0 Å². The molecule has 0 bridgehead atoms. The van der Waals surface area contributed by atoms with E-state index in [0.29, 0.717) is 11.3 Å². The van der Waals surface area contributed by atoms with E-state index in [-0.39, 0.29) is 6.42 Å². The lowest BCUT2D eigenvalue weighted by Crippen LogP contribution is -2.38. The second kappa shape index (κ2) is 8.05. The fourth-order valence-corrected chi connectivity index (χ4v) is 2.41. The van der Waals surface area contributed by atoms with E-state index in [4.69, 9.17) is 10.5 Å². The van der Waals surface area contributed by atoms with Crippen LogP contribution >= 0.6 is 0 Å². The van der Waals surface area contributed by atoms with E-state index in [9.17, 15) is 35.5 Å². The third-order valence-electron chi connectivity index (χ3n) is 3.76. The second-order valence-electron chi connectivity index (χ2n) is 5.62. The van der Waals surface area contributed by atoms with Gasteiger partial charge in [0.1, 0.15) is 17.0 Å². The van der Waals surface area contributed by atoms with Crippen LogP contribution in [0.2, 0.25) is 0 Å². The van der Waals surface area contributed by atoms with Gasteiger partial charge in [-0.25, -0.2) is 17.6 Å². The topological polar surface area (TPSA) is 64.3 Å². The molecule has 0 aliphatic carbocycles. The Bertz CT molecular complexity index is 871. The number of para-hydroxylation sites is 1. The first-order valence-corrected chi connectivity index (χ1v) is 7.60. The summed E-state index contributed by atoms with van der Waals surface area (Å²) < 4.78 is 97.6. The van der Waals surface area contributed by atoms with Crippen molar-refractivity contribution >= 4 is 11.6 Å². The minimum atomic E-state index is -5.68. The van der Waals surface area contributed by atoms with Gasteiger partial charge in [-0.05, 0) is 11.6 Å². The lowest BCUT2D eigenvalue weighted by atomic mass is 10.0. The van der Waals surface area contributed by atoms with Crippen molar-refractivity contribution in [3.05, 3.63) is 58.7 Å². The highest BCUT2D eigenvalue weighted by Gasteiger charge is 2.42. The molecule has 2 aromatic carbocycles. The van der Waals surface area contributed by atoms with Gasteiger partial charge in [-0.15, -0.1) is 0 Å². The summed E-state index contributed by atoms with van der Waals surface area (Å²) in [5.41, 5.74) is 1.62. The van der Waals surface area contributed by atoms with E-state index in [0.717, 1.165) is 0 Å². The van der Waals surface area contributed by atoms with Gasteiger partial charge in [0.15, 0.2) is 23.3 Å². The molecule has 0 aliphatic heterocycles. The molecule has 0 heterocycles. The number of ether oxygens (including phenoxy) is 1. The van der Waals surface area contributed by atoms with E-state index >= 15 is 0 Å². The normalized spacial score (nSPS) is 12.6. The van der Waals surface area contributed by atoms with Crippen LogP contribution < -0.4 is 15.8 Å². The maximum Gasteiger partial charge on any atom is 0.422 e. The highest BCUT2D eigenvalue weighted by molar-refractivity contribution is 5.95. The van der Waals surface area contributed by atoms with Crippen LogP contribution in [0.4, 0.5) is 36.4 Å². The van der Waals surface area contributed by atoms with E-state index in [1.54, 1.807) is 24.3 Å². The monoisotopic (exact) mass is 410 g/mol. The maximum absolute atomic E-state index is 13.8. The van der Waals surface area contributed by atoms with Gasteiger partial charge >= 0.3 is 6.18 Å². The summed E-state index contributed by atoms with van der Waals surface area (Å²) in [7, 11) is 1.35. The number of nitrogens with two attached hydrogens (primary N) is 1. The molecule has 0 aliphatic rings. The number of carbonyl (C=O) groups is 1. The van der Waals surface area contributed by atoms with Crippen LogP contribution in [0.3, 0.4) is 0 Å². The van der Waals surface area contributed by atoms with Crippen LogP contribution in [-0.2, 0) is 17.4 Å². The fourth-order valence-electron chi connectivity index (χ4n) is 2.41. The molecule has 28 heavy (non-hydrogen) atoms. The van der Waals surface area contributed by atoms with Crippen LogP contribution in [0, 0.1) is 23.3 Å². The molecule has 0 saturated carbocycles. The Morgan fingerprint density at radius 3 is 2.11 bits per heavy atom. The van der Waals surface area contributed by atoms with Crippen molar-refractivity contribution in [3.63, 3.8) is 0 Å². The molecule has 0 aromatic heterocycles. The molecule has 1 atom stereocenters. The summed E-state index contributed by atoms with van der Waals surface area (Å²) in [6.07, 6.45) is -5.87. The van der Waals surface area contributed by atoms with E-state index < -0.39 is 52.6 Å². The Balaban J connectivity index is 2.31. The Morgan fingerprint density at radius 1 is 1.07 bits per heavy atom. The van der Waals surface area contributed by atoms with Gasteiger partial charge in [-0.3, -0.25) is 4.79 Å². The minimum absolute atomic E-state index is 0.190. The van der Waals surface area contributed by atoms with Crippen molar-refractivity contribution in [2.45, 2.75) is 18.6 Å². The Morgan fingerprint density at radius 2 is 1.61 bits per heavy atom. The van der Waals surface area contributed by atoms with Crippen molar-refractivity contribution < 1.29 is 40.3 Å². The van der Waals surface area contributed by atoms with Crippen LogP contribution in [0.25, 0.3) is 0 Å². The zero-order valence-corrected chi connectivity index (χ0v) is 14.1. The first kappa shape index (κ1) is 21.5. The number of benzene rings is 2. The molecule has 0 radical (unpaired) electrons. The predicted molar refractivity (Wildman–Crippen MR) is 84.6 cm³/mol. The summed E-state index contributed by atoms with van der Waals surface area (Å²) in [5.74, 6) is -11.1. The van der Waals surface area contributed by atoms with E-state index in [1.807, 2.05) is 0 Å². The SMILES string of the molecule is COc1ccccc1C[C@H](N)C(=O)Nc1c(F)c(F)c(C(F)(F)F)c(F)c1F. The average Bonchev–Trinajstić information content (AvgIpc) is 2.62. The van der Waals surface area contributed by atoms with Gasteiger partial charge in [0.25, 0.3) is 0 Å². The summed E-state index contributed by atoms with van der Waals surface area (Å²) in [4.78, 5) is 12.0. The number of anilines is 1. The summed E-state index contributed by atoms with van der Waals surface area (Å²) in [6, 6.07) is 4.88. The number of hydrogen-bond acceptors (Lipinski definition) is 3. The summed E-state index contributed by atoms with van der Waals surface area (Å²) in [6.45, 7) is 0. The fraction of sp³-hybridized carbons (Fsp3) is 0.235. The molecule has 0 spiro atoms. The minimum Gasteiger partial charge on any atom is -0.496 e. The van der Waals surface area contributed by atoms with E-state index in [1.165, 1.54) is 12.4 Å². The van der Waals surface area contributed by atoms with Crippen LogP contribution in [-0.4, -0.2) is 19.1 Å². The summed E-state index contributed by atoms with van der Waals surface area (Å²) in [5, 5.41) is 1.49. The lowest BCUT2D eigenvalue weighted by Gasteiger charge is -2.17. The molecule has 0 unspecified atom stereocenters. The molecular weight excluding hydrogens is 397 g/mol. The van der Waals surface area contributed by atoms with Crippen LogP contribution in [0.15, 0.2) is 24.3 Å². The zero-order valence-electron chi connectivity index (χ0n) is 14.1. The van der Waals surface area contributed by atoms with Gasteiger partial charge in [-0.2, -0.15) is 13.2 Å². The quantitative estimate of drug-likeness (QED) is 0.583. The van der Waals surface area contributed by atoms with Gasteiger partial charge < -0.3 is 15.8 Å². The number of rotatable bonds is 5. The Kier molecular flexibility index (Phi) is 6.17. The third-order valence-corrected chi connectivity index (χ3v) is 3.76. The molecular formula is C17H13F7N2O2. The molecule has 152 valence electrons. The average molecular weight is 410 g/mol. The maximum atomic E-state index is 13.8. The van der Waals surface area contributed by atoms with Gasteiger partial charge in [0.05, 0.1) is 13.2 Å². The molecule has 3 N–H and O–H groups in total. The van der Waals surface area contributed by atoms with Gasteiger partial charge in [-0.1, -0.05) is 18.2 Å². The predicted octanol–water partition coefficient (Wildman–Crippen LogP) is 3.78. The molecule has 11 heteroatoms. The van der Waals surface area contributed by atoms with Crippen molar-refractivity contribution in [2.75, 3.05) is 12.4 Å². The molecule has 1 amide bonds. The van der Waals surface area contributed by atoms with Crippen molar-refractivity contribution in [2.24, 2.45) is 5.73 Å². The van der Waals surface area contributed by atoms with Crippen LogP contribution in [0.5, 0.6) is 5.75 Å². The number of hydrogen-bond donors (Lipinski definition) is 2. The molecule has 0 saturated heterocycles. The Hall–Kier alpha value is -2.82. The number of nitrogens with one attached hydrogen (secondary N) is 1. The smallest absolute Gasteiger partial charge is 0.422 e. The first-order chi connectivity index (χ1) is 13.0. The second-order valence-corrected chi connectivity index (χ2v) is 5.62. The number of methoxy groups -OCH3 is 1. The highest BCUT2D eigenvalue weighted by Crippen LogP contribution is 2.38. The number of amides is 1. The number of carbonyl (C=O) groups excluding carboxylic acids is 1. The number of halogens is 7. The van der Waals surface area contributed by atoms with E-state index in [2.05, 4.69) is 0 Å². The molecule has 2 aromatic rings. The zero-order chi connectivity index (χ0) is 21.2.